The first-order valence-corrected chi connectivity index (χ1v) is 9.92. The minimum absolute atomic E-state index is 0.0770. The van der Waals surface area contributed by atoms with E-state index in [2.05, 4.69) is 11.6 Å². The molecule has 5 nitrogen and oxygen atoms in total. The maximum absolute atomic E-state index is 13.0. The van der Waals surface area contributed by atoms with Gasteiger partial charge in [-0.15, -0.1) is 6.58 Å². The Morgan fingerprint density at radius 2 is 2.00 bits per heavy atom. The van der Waals surface area contributed by atoms with Gasteiger partial charge in [-0.3, -0.25) is 14.2 Å². The van der Waals surface area contributed by atoms with E-state index in [9.17, 15) is 9.59 Å². The van der Waals surface area contributed by atoms with Crippen LogP contribution in [-0.4, -0.2) is 34.5 Å². The van der Waals surface area contributed by atoms with E-state index in [-0.39, 0.29) is 18.0 Å². The van der Waals surface area contributed by atoms with E-state index < -0.39 is 5.25 Å². The van der Waals surface area contributed by atoms with Gasteiger partial charge in [0.2, 0.25) is 5.91 Å². The van der Waals surface area contributed by atoms with Gasteiger partial charge >= 0.3 is 0 Å². The number of carbonyl (C=O) groups is 1. The summed E-state index contributed by atoms with van der Waals surface area (Å²) in [4.78, 5) is 32.1. The molecule has 0 bridgehead atoms. The zero-order valence-electron chi connectivity index (χ0n) is 15.6. The lowest BCUT2D eigenvalue weighted by Gasteiger charge is -2.21. The summed E-state index contributed by atoms with van der Waals surface area (Å²) in [6.07, 6.45) is 1.63. The maximum atomic E-state index is 13.0. The Bertz CT molecular complexity index is 1080. The van der Waals surface area contributed by atoms with Crippen molar-refractivity contribution in [3.63, 3.8) is 0 Å². The molecule has 0 aliphatic rings. The topological polar surface area (TPSA) is 55.2 Å². The third-order valence-corrected chi connectivity index (χ3v) is 5.65. The first kappa shape index (κ1) is 20.2. The van der Waals surface area contributed by atoms with Crippen LogP contribution < -0.4 is 5.56 Å². The second-order valence-corrected chi connectivity index (χ2v) is 7.91. The zero-order valence-corrected chi connectivity index (χ0v) is 17.2. The molecule has 7 heteroatoms. The van der Waals surface area contributed by atoms with Crippen LogP contribution in [0.5, 0.6) is 0 Å². The molecular formula is C21H20ClN3O2S. The summed E-state index contributed by atoms with van der Waals surface area (Å²) in [5, 5.41) is 0.850. The standard InChI is InChI=1S/C21H20ClN3O2S/c1-4-12-25-19(26)16-13-15(22)10-11-17(16)23-21(25)28-18(20(27)24(2)3)14-8-6-5-7-9-14/h4-11,13,18H,1,12H2,2-3H3/t18-/m0/s1. The van der Waals surface area contributed by atoms with Crippen LogP contribution in [0.1, 0.15) is 10.8 Å². The number of aromatic nitrogens is 2. The number of amides is 1. The summed E-state index contributed by atoms with van der Waals surface area (Å²) in [5.74, 6) is -0.0770. The molecule has 3 rings (SSSR count). The van der Waals surface area contributed by atoms with Gasteiger partial charge in [-0.05, 0) is 23.8 Å². The third kappa shape index (κ3) is 4.13. The predicted octanol–water partition coefficient (Wildman–Crippen LogP) is 4.16. The van der Waals surface area contributed by atoms with Gasteiger partial charge < -0.3 is 4.90 Å². The number of nitrogens with zero attached hydrogens (tertiary/aromatic N) is 3. The highest BCUT2D eigenvalue weighted by atomic mass is 35.5. The number of thioether (sulfide) groups is 1. The number of benzene rings is 2. The molecule has 0 radical (unpaired) electrons. The molecule has 1 heterocycles. The zero-order chi connectivity index (χ0) is 20.3. The molecule has 2 aromatic carbocycles. The largest absolute Gasteiger partial charge is 0.348 e. The van der Waals surface area contributed by atoms with Gasteiger partial charge in [-0.25, -0.2) is 4.98 Å². The highest BCUT2D eigenvalue weighted by molar-refractivity contribution is 8.00. The van der Waals surface area contributed by atoms with Crippen molar-refractivity contribution in [3.8, 4) is 0 Å². The molecule has 28 heavy (non-hydrogen) atoms. The fourth-order valence-corrected chi connectivity index (χ4v) is 4.21. The fraction of sp³-hybridized carbons (Fsp3) is 0.190. The molecule has 1 amide bonds. The molecule has 1 aromatic heterocycles. The molecule has 0 fully saturated rings. The quantitative estimate of drug-likeness (QED) is 0.346. The van der Waals surface area contributed by atoms with Crippen LogP contribution >= 0.6 is 23.4 Å². The van der Waals surface area contributed by atoms with Gasteiger partial charge in [0.15, 0.2) is 5.16 Å². The maximum Gasteiger partial charge on any atom is 0.262 e. The lowest BCUT2D eigenvalue weighted by molar-refractivity contribution is -0.128. The summed E-state index contributed by atoms with van der Waals surface area (Å²) < 4.78 is 1.52. The molecule has 0 aliphatic heterocycles. The number of halogens is 1. The summed E-state index contributed by atoms with van der Waals surface area (Å²) in [5.41, 5.74) is 1.18. The molecule has 0 unspecified atom stereocenters. The van der Waals surface area contributed by atoms with Gasteiger partial charge in [-0.2, -0.15) is 0 Å². The van der Waals surface area contributed by atoms with E-state index in [1.807, 2.05) is 30.3 Å². The van der Waals surface area contributed by atoms with Crippen LogP contribution in [0.4, 0.5) is 0 Å². The highest BCUT2D eigenvalue weighted by Gasteiger charge is 2.26. The first-order valence-electron chi connectivity index (χ1n) is 8.66. The number of allylic oxidation sites excluding steroid dienone is 1. The average Bonchev–Trinajstić information content (AvgIpc) is 2.69. The summed E-state index contributed by atoms with van der Waals surface area (Å²) in [6, 6.07) is 14.5. The second-order valence-electron chi connectivity index (χ2n) is 6.40. The number of likely N-dealkylation sites (N-methyl/N-ethyl adjacent to an activating group) is 1. The Balaban J connectivity index is 2.16. The van der Waals surface area contributed by atoms with Crippen molar-refractivity contribution in [2.24, 2.45) is 0 Å². The Morgan fingerprint density at radius 1 is 1.29 bits per heavy atom. The van der Waals surface area contributed by atoms with Gasteiger partial charge in [0.1, 0.15) is 5.25 Å². The second kappa shape index (κ2) is 8.63. The van der Waals surface area contributed by atoms with Gasteiger partial charge in [0, 0.05) is 25.7 Å². The number of carbonyl (C=O) groups excluding carboxylic acids is 1. The Morgan fingerprint density at radius 3 is 2.64 bits per heavy atom. The number of fused-ring (bicyclic) bond motifs is 1. The van der Waals surface area contributed by atoms with Crippen molar-refractivity contribution < 1.29 is 4.79 Å². The van der Waals surface area contributed by atoms with Crippen LogP contribution in [0, 0.1) is 0 Å². The van der Waals surface area contributed by atoms with Crippen molar-refractivity contribution in [2.75, 3.05) is 14.1 Å². The number of rotatable bonds is 6. The van der Waals surface area contributed by atoms with Crippen LogP contribution in [0.15, 0.2) is 71.1 Å². The first-order chi connectivity index (χ1) is 13.4. The van der Waals surface area contributed by atoms with Crippen LogP contribution in [-0.2, 0) is 11.3 Å². The van der Waals surface area contributed by atoms with Crippen molar-refractivity contribution in [1.82, 2.24) is 14.5 Å². The molecule has 0 N–H and O–H groups in total. The van der Waals surface area contributed by atoms with E-state index in [0.29, 0.717) is 21.1 Å². The van der Waals surface area contributed by atoms with Gasteiger partial charge in [-0.1, -0.05) is 59.8 Å². The number of hydrogen-bond acceptors (Lipinski definition) is 4. The smallest absolute Gasteiger partial charge is 0.262 e. The van der Waals surface area contributed by atoms with E-state index in [4.69, 9.17) is 11.6 Å². The van der Waals surface area contributed by atoms with Gasteiger partial charge in [0.05, 0.1) is 10.9 Å². The fourth-order valence-electron chi connectivity index (χ4n) is 2.78. The summed E-state index contributed by atoms with van der Waals surface area (Å²) >= 11 is 7.31. The third-order valence-electron chi connectivity index (χ3n) is 4.18. The minimum atomic E-state index is -0.524. The lowest BCUT2D eigenvalue weighted by Crippen LogP contribution is -2.28. The van der Waals surface area contributed by atoms with Crippen LogP contribution in [0.25, 0.3) is 10.9 Å². The van der Waals surface area contributed by atoms with E-state index in [0.717, 1.165) is 5.56 Å². The molecule has 144 valence electrons. The molecular weight excluding hydrogens is 394 g/mol. The Hall–Kier alpha value is -2.57. The van der Waals surface area contributed by atoms with Crippen molar-refractivity contribution in [3.05, 3.63) is 82.1 Å². The van der Waals surface area contributed by atoms with Crippen LogP contribution in [0.2, 0.25) is 5.02 Å². The minimum Gasteiger partial charge on any atom is -0.348 e. The SMILES string of the molecule is C=CCn1c(S[C@H](C(=O)N(C)C)c2ccccc2)nc2ccc(Cl)cc2c1=O. The molecule has 0 spiro atoms. The molecule has 0 saturated carbocycles. The van der Waals surface area contributed by atoms with E-state index in [1.54, 1.807) is 43.3 Å². The molecule has 0 aliphatic carbocycles. The lowest BCUT2D eigenvalue weighted by atomic mass is 10.1. The predicted molar refractivity (Wildman–Crippen MR) is 115 cm³/mol. The summed E-state index contributed by atoms with van der Waals surface area (Å²) in [6.45, 7) is 4.02. The molecule has 0 saturated heterocycles. The average molecular weight is 414 g/mol. The van der Waals surface area contributed by atoms with Crippen molar-refractivity contribution in [1.29, 1.82) is 0 Å². The van der Waals surface area contributed by atoms with E-state index in [1.165, 1.54) is 16.3 Å². The monoisotopic (exact) mass is 413 g/mol. The molecule has 1 atom stereocenters. The summed E-state index contributed by atoms with van der Waals surface area (Å²) in [7, 11) is 3.43. The van der Waals surface area contributed by atoms with Crippen LogP contribution in [0.3, 0.4) is 0 Å². The highest BCUT2D eigenvalue weighted by Crippen LogP contribution is 2.35. The normalized spacial score (nSPS) is 12.0. The Labute approximate surface area is 172 Å². The van der Waals surface area contributed by atoms with Gasteiger partial charge in [0.25, 0.3) is 5.56 Å². The molecule has 3 aromatic rings. The van der Waals surface area contributed by atoms with E-state index >= 15 is 0 Å². The van der Waals surface area contributed by atoms with Crippen molar-refractivity contribution >= 4 is 40.2 Å². The number of hydrogen-bond donors (Lipinski definition) is 0. The van der Waals surface area contributed by atoms with Crippen molar-refractivity contribution in [2.45, 2.75) is 17.0 Å². The Kier molecular flexibility index (Phi) is 6.21.